The Morgan fingerprint density at radius 2 is 1.37 bits per heavy atom. The monoisotopic (exact) mass is 592 g/mol. The van der Waals surface area contributed by atoms with E-state index in [9.17, 15) is 20.1 Å². The molecular formula is C32H36N2O5S2. The maximum Gasteiger partial charge on any atom is 0.314 e. The Kier molecular flexibility index (Phi) is 12.6. The number of unbranched alkanes of at least 4 members (excludes halogenated alkanes) is 2. The van der Waals surface area contributed by atoms with E-state index in [1.165, 1.54) is 0 Å². The predicted octanol–water partition coefficient (Wildman–Crippen LogP) is 9.18. The predicted molar refractivity (Wildman–Crippen MR) is 161 cm³/mol. The Morgan fingerprint density at radius 1 is 0.805 bits per heavy atom. The first-order chi connectivity index (χ1) is 19.9. The molecule has 41 heavy (non-hydrogen) atoms. The van der Waals surface area contributed by atoms with Crippen LogP contribution in [0.3, 0.4) is 0 Å². The van der Waals surface area contributed by atoms with Crippen molar-refractivity contribution >= 4 is 35.5 Å². The summed E-state index contributed by atoms with van der Waals surface area (Å²) in [6, 6.07) is 14.5. The van der Waals surface area contributed by atoms with Gasteiger partial charge in [0.05, 0.1) is 25.9 Å². The van der Waals surface area contributed by atoms with Gasteiger partial charge >= 0.3 is 11.9 Å². The highest BCUT2D eigenvalue weighted by Gasteiger charge is 2.35. The number of carbonyl (C=O) groups excluding carboxylic acids is 2. The van der Waals surface area contributed by atoms with Gasteiger partial charge in [-0.15, -0.1) is 0 Å². The van der Waals surface area contributed by atoms with Gasteiger partial charge in [0.2, 0.25) is 0 Å². The van der Waals surface area contributed by atoms with Crippen molar-refractivity contribution in [2.75, 3.05) is 0 Å². The Bertz CT molecular complexity index is 1330. The number of hydrogen-bond donors (Lipinski definition) is 0. The highest BCUT2D eigenvalue weighted by molar-refractivity contribution is 8.24. The van der Waals surface area contributed by atoms with Gasteiger partial charge in [0.15, 0.2) is 11.5 Å². The molecule has 0 saturated heterocycles. The highest BCUT2D eigenvalue weighted by atomic mass is 32.2. The number of nitrogens with zero attached hydrogens (tertiary/aromatic N) is 2. The van der Waals surface area contributed by atoms with Crippen molar-refractivity contribution in [2.24, 2.45) is 11.8 Å². The summed E-state index contributed by atoms with van der Waals surface area (Å²) in [5.41, 5.74) is -0.0694. The number of fused-ring (bicyclic) bond motifs is 1. The van der Waals surface area contributed by atoms with Crippen molar-refractivity contribution in [1.29, 1.82) is 10.5 Å². The van der Waals surface area contributed by atoms with Crippen molar-refractivity contribution in [3.8, 4) is 35.1 Å². The smallest absolute Gasteiger partial charge is 0.314 e. The molecule has 1 aliphatic rings. The van der Waals surface area contributed by atoms with Gasteiger partial charge in [-0.2, -0.15) is 10.5 Å². The van der Waals surface area contributed by atoms with E-state index < -0.39 is 0 Å². The van der Waals surface area contributed by atoms with Gasteiger partial charge in [0, 0.05) is 6.07 Å². The van der Waals surface area contributed by atoms with Crippen LogP contribution < -0.4 is 14.2 Å². The second-order valence-electron chi connectivity index (χ2n) is 9.70. The van der Waals surface area contributed by atoms with Gasteiger partial charge in [-0.1, -0.05) is 95.1 Å². The molecule has 0 N–H and O–H groups in total. The van der Waals surface area contributed by atoms with Crippen LogP contribution in [0.5, 0.6) is 23.0 Å². The maximum atomic E-state index is 13.4. The molecule has 216 valence electrons. The Labute approximate surface area is 251 Å². The van der Waals surface area contributed by atoms with Crippen molar-refractivity contribution < 1.29 is 23.8 Å². The van der Waals surface area contributed by atoms with Gasteiger partial charge in [0.1, 0.15) is 29.2 Å². The SMILES string of the molecule is CCCCC(CC)C(=O)Oc1cc(Oc2ccccc2)c(OC(=O)C(CC)CCCC)c2c1SC(=C(C#N)C#N)S2. The van der Waals surface area contributed by atoms with E-state index in [1.54, 1.807) is 18.2 Å². The minimum atomic E-state index is -0.375. The van der Waals surface area contributed by atoms with E-state index in [1.807, 2.05) is 44.2 Å². The average molecular weight is 593 g/mol. The van der Waals surface area contributed by atoms with Gasteiger partial charge in [-0.25, -0.2) is 0 Å². The first-order valence-corrected chi connectivity index (χ1v) is 15.8. The fourth-order valence-corrected chi connectivity index (χ4v) is 6.80. The van der Waals surface area contributed by atoms with Crippen molar-refractivity contribution in [3.63, 3.8) is 0 Å². The zero-order valence-corrected chi connectivity index (χ0v) is 25.7. The third-order valence-electron chi connectivity index (χ3n) is 6.79. The summed E-state index contributed by atoms with van der Waals surface area (Å²) >= 11 is 2.30. The van der Waals surface area contributed by atoms with Crippen molar-refractivity contribution in [2.45, 2.75) is 88.9 Å². The number of ether oxygens (including phenoxy) is 3. The van der Waals surface area contributed by atoms with Gasteiger partial charge in [-0.05, 0) is 37.8 Å². The summed E-state index contributed by atoms with van der Waals surface area (Å²) in [5, 5.41) is 19.1. The zero-order valence-electron chi connectivity index (χ0n) is 24.0. The lowest BCUT2D eigenvalue weighted by atomic mass is 9.99. The largest absolute Gasteiger partial charge is 0.453 e. The third kappa shape index (κ3) is 8.31. The van der Waals surface area contributed by atoms with Crippen LogP contribution in [-0.2, 0) is 9.59 Å². The molecule has 0 radical (unpaired) electrons. The Morgan fingerprint density at radius 3 is 1.90 bits per heavy atom. The number of thioether (sulfide) groups is 2. The molecule has 1 heterocycles. The number of rotatable bonds is 14. The lowest BCUT2D eigenvalue weighted by molar-refractivity contribution is -0.140. The normalized spacial score (nSPS) is 13.4. The molecular weight excluding hydrogens is 556 g/mol. The standard InChI is InChI=1S/C32H36N2O5S2/c1-5-9-14-21(7-3)30(35)38-26-18-25(37-24-16-12-11-13-17-24)27(39-31(36)22(8-4)15-10-6-2)29-28(26)40-32(41-29)23(19-33)20-34/h11-13,16-18,21-22H,5-10,14-15H2,1-4H3. The summed E-state index contributed by atoms with van der Waals surface area (Å²) in [7, 11) is 0. The number of para-hydroxylation sites is 1. The number of carbonyl (C=O) groups is 2. The molecule has 2 unspecified atom stereocenters. The number of esters is 2. The number of allylic oxidation sites excluding steroid dienone is 1. The van der Waals surface area contributed by atoms with Crippen molar-refractivity contribution in [1.82, 2.24) is 0 Å². The molecule has 2 aromatic rings. The van der Waals surface area contributed by atoms with Crippen LogP contribution in [0.2, 0.25) is 0 Å². The van der Waals surface area contributed by atoms with Gasteiger partial charge in [-0.3, -0.25) is 9.59 Å². The molecule has 2 aromatic carbocycles. The molecule has 0 spiro atoms. The second-order valence-corrected chi connectivity index (χ2v) is 12.0. The topological polar surface area (TPSA) is 109 Å². The van der Waals surface area contributed by atoms with Gasteiger partial charge < -0.3 is 14.2 Å². The number of nitriles is 2. The first kappa shape index (κ1) is 32.1. The van der Waals surface area contributed by atoms with E-state index >= 15 is 0 Å². The van der Waals surface area contributed by atoms with Gasteiger partial charge in [0.25, 0.3) is 0 Å². The summed E-state index contributed by atoms with van der Waals surface area (Å²) in [4.78, 5) is 27.6. The second kappa shape index (κ2) is 16.1. The minimum Gasteiger partial charge on any atom is -0.453 e. The molecule has 0 saturated carbocycles. The lowest BCUT2D eigenvalue weighted by Crippen LogP contribution is -2.21. The maximum absolute atomic E-state index is 13.4. The summed E-state index contributed by atoms with van der Waals surface area (Å²) in [6.45, 7) is 8.06. The van der Waals surface area contributed by atoms with E-state index in [2.05, 4.69) is 13.8 Å². The third-order valence-corrected chi connectivity index (χ3v) is 9.40. The van der Waals surface area contributed by atoms with E-state index in [0.717, 1.165) is 49.2 Å². The molecule has 0 aliphatic carbocycles. The Balaban J connectivity index is 2.15. The van der Waals surface area contributed by atoms with Crippen LogP contribution in [0.1, 0.15) is 79.1 Å². The molecule has 0 amide bonds. The summed E-state index contributed by atoms with van der Waals surface area (Å²) < 4.78 is 18.7. The first-order valence-electron chi connectivity index (χ1n) is 14.2. The minimum absolute atomic E-state index is 0.0694. The molecule has 0 aromatic heterocycles. The molecule has 1 aliphatic heterocycles. The molecule has 7 nitrogen and oxygen atoms in total. The van der Waals surface area contributed by atoms with E-state index in [4.69, 9.17) is 14.2 Å². The highest BCUT2D eigenvalue weighted by Crippen LogP contribution is 2.61. The van der Waals surface area contributed by atoms with Crippen LogP contribution in [-0.4, -0.2) is 11.9 Å². The summed E-state index contributed by atoms with van der Waals surface area (Å²) in [5.74, 6) is -0.143. The number of benzene rings is 2. The van der Waals surface area contributed by atoms with Crippen LogP contribution in [0.25, 0.3) is 0 Å². The quantitative estimate of drug-likeness (QED) is 0.120. The molecule has 2 atom stereocenters. The lowest BCUT2D eigenvalue weighted by Gasteiger charge is -2.20. The van der Waals surface area contributed by atoms with Crippen LogP contribution in [0.4, 0.5) is 0 Å². The fraction of sp³-hybridized carbons (Fsp3) is 0.438. The summed E-state index contributed by atoms with van der Waals surface area (Å²) in [6.07, 6.45) is 6.42. The van der Waals surface area contributed by atoms with E-state index in [-0.39, 0.29) is 46.6 Å². The average Bonchev–Trinajstić information content (AvgIpc) is 3.42. The van der Waals surface area contributed by atoms with Crippen LogP contribution in [0.15, 0.2) is 56.0 Å². The fourth-order valence-electron chi connectivity index (χ4n) is 4.31. The van der Waals surface area contributed by atoms with Crippen molar-refractivity contribution in [3.05, 3.63) is 46.2 Å². The zero-order chi connectivity index (χ0) is 29.8. The number of hydrogen-bond acceptors (Lipinski definition) is 9. The van der Waals surface area contributed by atoms with Crippen LogP contribution in [0, 0.1) is 34.5 Å². The Hall–Kier alpha value is -3.40. The molecule has 0 fully saturated rings. The van der Waals surface area contributed by atoms with E-state index in [0.29, 0.717) is 45.5 Å². The molecule has 0 bridgehead atoms. The molecule has 9 heteroatoms. The molecule has 3 rings (SSSR count). The van der Waals surface area contributed by atoms with Crippen LogP contribution >= 0.6 is 23.5 Å².